The van der Waals surface area contributed by atoms with Crippen LogP contribution < -0.4 is 5.32 Å². The van der Waals surface area contributed by atoms with Gasteiger partial charge in [0.15, 0.2) is 0 Å². The average Bonchev–Trinajstić information content (AvgIpc) is 2.28. The number of aliphatic carboxylic acids is 1. The lowest BCUT2D eigenvalue weighted by molar-refractivity contribution is -0.140. The maximum Gasteiger partial charge on any atom is 0.320 e. The molecule has 0 aromatic rings. The van der Waals surface area contributed by atoms with Crippen molar-refractivity contribution in [3.05, 3.63) is 0 Å². The molecule has 100 valence electrons. The molecule has 1 atom stereocenters. The van der Waals surface area contributed by atoms with Crippen LogP contribution in [0.5, 0.6) is 0 Å². The van der Waals surface area contributed by atoms with Crippen LogP contribution >= 0.6 is 0 Å². The van der Waals surface area contributed by atoms with Gasteiger partial charge in [-0.25, -0.2) is 0 Å². The molecule has 5 nitrogen and oxygen atoms in total. The molecule has 0 aromatic heterocycles. The second-order valence-corrected chi connectivity index (χ2v) is 4.68. The Morgan fingerprint density at radius 1 is 1.47 bits per heavy atom. The second kappa shape index (κ2) is 7.63. The van der Waals surface area contributed by atoms with E-state index in [0.717, 1.165) is 26.1 Å². The lowest BCUT2D eigenvalue weighted by Crippen LogP contribution is -2.41. The molecule has 2 N–H and O–H groups in total. The zero-order valence-corrected chi connectivity index (χ0v) is 10.6. The summed E-state index contributed by atoms with van der Waals surface area (Å²) in [4.78, 5) is 11.0. The van der Waals surface area contributed by atoms with E-state index in [9.17, 15) is 4.79 Å². The first-order valence-electron chi connectivity index (χ1n) is 6.27. The number of carbonyl (C=O) groups is 1. The highest BCUT2D eigenvalue weighted by Crippen LogP contribution is 2.11. The molecule has 0 aliphatic carbocycles. The largest absolute Gasteiger partial charge is 0.480 e. The van der Waals surface area contributed by atoms with Gasteiger partial charge < -0.3 is 19.9 Å². The third-order valence-electron chi connectivity index (χ3n) is 2.76. The fourth-order valence-electron chi connectivity index (χ4n) is 1.88. The fraction of sp³-hybridized carbons (Fsp3) is 0.917. The maximum absolute atomic E-state index is 11.0. The summed E-state index contributed by atoms with van der Waals surface area (Å²) in [6.07, 6.45) is 2.56. The van der Waals surface area contributed by atoms with Gasteiger partial charge in [0.25, 0.3) is 0 Å². The van der Waals surface area contributed by atoms with E-state index >= 15 is 0 Å². The Morgan fingerprint density at radius 3 is 2.65 bits per heavy atom. The smallest absolute Gasteiger partial charge is 0.320 e. The van der Waals surface area contributed by atoms with Gasteiger partial charge in [0.2, 0.25) is 0 Å². The third kappa shape index (κ3) is 6.00. The Labute approximate surface area is 102 Å². The number of carboxylic acid groups (broad SMARTS) is 1. The number of carboxylic acids is 1. The molecule has 1 heterocycles. The minimum Gasteiger partial charge on any atom is -0.480 e. The molecule has 5 heteroatoms. The average molecular weight is 245 g/mol. The first kappa shape index (κ1) is 14.4. The van der Waals surface area contributed by atoms with Crippen molar-refractivity contribution in [1.82, 2.24) is 5.32 Å². The van der Waals surface area contributed by atoms with E-state index in [1.54, 1.807) is 0 Å². The summed E-state index contributed by atoms with van der Waals surface area (Å²) in [6, 6.07) is -0.353. The topological polar surface area (TPSA) is 67.8 Å². The van der Waals surface area contributed by atoms with Gasteiger partial charge >= 0.3 is 5.97 Å². The zero-order chi connectivity index (χ0) is 12.7. The van der Waals surface area contributed by atoms with E-state index < -0.39 is 12.0 Å². The lowest BCUT2D eigenvalue weighted by Gasteiger charge is -2.23. The normalized spacial score (nSPS) is 19.5. The van der Waals surface area contributed by atoms with Gasteiger partial charge in [-0.1, -0.05) is 13.8 Å². The van der Waals surface area contributed by atoms with Gasteiger partial charge in [0.05, 0.1) is 6.10 Å². The van der Waals surface area contributed by atoms with Crippen LogP contribution in [-0.2, 0) is 14.3 Å². The monoisotopic (exact) mass is 245 g/mol. The van der Waals surface area contributed by atoms with Crippen LogP contribution in [0.4, 0.5) is 0 Å². The van der Waals surface area contributed by atoms with E-state index in [2.05, 4.69) is 5.32 Å². The number of rotatable bonds is 7. The van der Waals surface area contributed by atoms with Gasteiger partial charge in [-0.2, -0.15) is 0 Å². The molecule has 1 rings (SSSR count). The van der Waals surface area contributed by atoms with E-state index in [0.29, 0.717) is 13.0 Å². The van der Waals surface area contributed by atoms with Crippen molar-refractivity contribution >= 4 is 5.97 Å². The molecule has 1 aliphatic rings. The predicted molar refractivity (Wildman–Crippen MR) is 64.1 cm³/mol. The Morgan fingerprint density at radius 2 is 2.12 bits per heavy atom. The van der Waals surface area contributed by atoms with Crippen LogP contribution in [0, 0.1) is 0 Å². The maximum atomic E-state index is 11.0. The van der Waals surface area contributed by atoms with Crippen molar-refractivity contribution in [2.75, 3.05) is 19.8 Å². The van der Waals surface area contributed by atoms with E-state index in [4.69, 9.17) is 14.6 Å². The summed E-state index contributed by atoms with van der Waals surface area (Å²) in [5.41, 5.74) is 0. The van der Waals surface area contributed by atoms with Crippen molar-refractivity contribution in [3.63, 3.8) is 0 Å². The first-order chi connectivity index (χ1) is 8.09. The number of nitrogens with one attached hydrogen (secondary N) is 1. The van der Waals surface area contributed by atoms with E-state index in [1.807, 2.05) is 13.8 Å². The highest BCUT2D eigenvalue weighted by molar-refractivity contribution is 5.73. The van der Waals surface area contributed by atoms with Crippen LogP contribution in [0.25, 0.3) is 0 Å². The Balaban J connectivity index is 2.19. The zero-order valence-electron chi connectivity index (χ0n) is 10.6. The fourth-order valence-corrected chi connectivity index (χ4v) is 1.88. The molecule has 17 heavy (non-hydrogen) atoms. The Hall–Kier alpha value is -0.650. The van der Waals surface area contributed by atoms with Gasteiger partial charge in [-0.05, 0) is 19.3 Å². The Bertz CT molecular complexity index is 227. The van der Waals surface area contributed by atoms with Crippen molar-refractivity contribution in [1.29, 1.82) is 0 Å². The summed E-state index contributed by atoms with van der Waals surface area (Å²) in [5.74, 6) is -0.811. The quantitative estimate of drug-likeness (QED) is 0.701. The summed E-state index contributed by atoms with van der Waals surface area (Å²) in [5, 5.41) is 12.0. The Kier molecular flexibility index (Phi) is 6.47. The number of hydrogen-bond acceptors (Lipinski definition) is 4. The molecule has 0 saturated carbocycles. The molecular weight excluding hydrogens is 222 g/mol. The van der Waals surface area contributed by atoms with Gasteiger partial charge in [-0.3, -0.25) is 4.79 Å². The molecule has 0 radical (unpaired) electrons. The van der Waals surface area contributed by atoms with Gasteiger partial charge in [-0.15, -0.1) is 0 Å². The summed E-state index contributed by atoms with van der Waals surface area (Å²) >= 11 is 0. The molecule has 1 unspecified atom stereocenters. The lowest BCUT2D eigenvalue weighted by atomic mass is 10.1. The summed E-state index contributed by atoms with van der Waals surface area (Å²) in [6.45, 7) is 5.86. The van der Waals surface area contributed by atoms with Gasteiger partial charge in [0.1, 0.15) is 6.04 Å². The molecule has 1 saturated heterocycles. The highest BCUT2D eigenvalue weighted by Gasteiger charge is 2.19. The first-order valence-corrected chi connectivity index (χ1v) is 6.27. The van der Waals surface area contributed by atoms with E-state index in [-0.39, 0.29) is 12.1 Å². The van der Waals surface area contributed by atoms with Crippen molar-refractivity contribution in [2.45, 2.75) is 51.3 Å². The number of hydrogen-bond donors (Lipinski definition) is 2. The second-order valence-electron chi connectivity index (χ2n) is 4.68. The molecule has 0 bridgehead atoms. The third-order valence-corrected chi connectivity index (χ3v) is 2.76. The summed E-state index contributed by atoms with van der Waals surface area (Å²) in [7, 11) is 0. The molecule has 0 spiro atoms. The molecule has 0 amide bonds. The van der Waals surface area contributed by atoms with Crippen LogP contribution in [0.15, 0.2) is 0 Å². The summed E-state index contributed by atoms with van der Waals surface area (Å²) < 4.78 is 10.9. The molecule has 1 aliphatic heterocycles. The minimum absolute atomic E-state index is 0.166. The van der Waals surface area contributed by atoms with Crippen molar-refractivity contribution in [3.8, 4) is 0 Å². The van der Waals surface area contributed by atoms with Crippen LogP contribution in [0.1, 0.15) is 33.1 Å². The molecule has 0 aromatic carbocycles. The van der Waals surface area contributed by atoms with Crippen molar-refractivity contribution < 1.29 is 19.4 Å². The van der Waals surface area contributed by atoms with Crippen molar-refractivity contribution in [2.24, 2.45) is 0 Å². The minimum atomic E-state index is -0.811. The van der Waals surface area contributed by atoms with E-state index in [1.165, 1.54) is 0 Å². The molecule has 1 fully saturated rings. The van der Waals surface area contributed by atoms with Crippen LogP contribution in [0.3, 0.4) is 0 Å². The van der Waals surface area contributed by atoms with Crippen LogP contribution in [0.2, 0.25) is 0 Å². The standard InChI is InChI=1S/C12H23NO4/c1-9(2)13-11(12(14)15)5-8-17-10-3-6-16-7-4-10/h9-11,13H,3-8H2,1-2H3,(H,14,15). The molecular formula is C12H23NO4. The van der Waals surface area contributed by atoms with Crippen LogP contribution in [-0.4, -0.2) is 49.1 Å². The number of ether oxygens (including phenoxy) is 2. The SMILES string of the molecule is CC(C)NC(CCOC1CCOCC1)C(=O)O. The van der Waals surface area contributed by atoms with Gasteiger partial charge in [0, 0.05) is 25.9 Å². The highest BCUT2D eigenvalue weighted by atomic mass is 16.5. The predicted octanol–water partition coefficient (Wildman–Crippen LogP) is 1.02.